The zero-order valence-electron chi connectivity index (χ0n) is 13.2. The molecule has 0 spiro atoms. The highest BCUT2D eigenvalue weighted by molar-refractivity contribution is 5.81. The van der Waals surface area contributed by atoms with Crippen molar-refractivity contribution in [3.8, 4) is 12.1 Å². The third-order valence-electron chi connectivity index (χ3n) is 5.26. The van der Waals surface area contributed by atoms with E-state index in [-0.39, 0.29) is 0 Å². The quantitative estimate of drug-likeness (QED) is 0.851. The van der Waals surface area contributed by atoms with E-state index in [0.717, 1.165) is 11.1 Å². The van der Waals surface area contributed by atoms with Crippen LogP contribution in [0.3, 0.4) is 0 Å². The second kappa shape index (κ2) is 5.34. The second-order valence-corrected chi connectivity index (χ2v) is 6.36. The number of nitrogens with two attached hydrogens (primary N) is 1. The average molecular weight is 331 g/mol. The number of hydrogen-bond acceptors (Lipinski definition) is 4. The summed E-state index contributed by atoms with van der Waals surface area (Å²) >= 11 is 0. The van der Waals surface area contributed by atoms with Gasteiger partial charge in [0.25, 0.3) is 5.91 Å². The number of nitrogens with one attached hydrogen (secondary N) is 1. The zero-order chi connectivity index (χ0) is 17.6. The molecule has 122 valence electrons. The maximum atomic E-state index is 12.3. The first kappa shape index (κ1) is 15.2. The molecule has 0 aliphatic carbocycles. The first-order chi connectivity index (χ1) is 12.1. The number of hydrogen-bond donors (Lipinski definition) is 2. The highest BCUT2D eigenvalue weighted by atomic mass is 16.3. The van der Waals surface area contributed by atoms with Crippen LogP contribution < -0.4 is 10.6 Å². The molecule has 6 nitrogen and oxygen atoms in total. The standard InChI is InChI=1S/C19H14N4O2/c20-10-19(11-21)15(14-6-3-9-25-14)16(18(22)24)23-8-7-12-4-1-2-5-13(12)17(19)23/h1-9,15-17H,(H2,22,24)/p+1/t15-,16+,17-/m1/s1. The predicted octanol–water partition coefficient (Wildman–Crippen LogP) is 0.875. The van der Waals surface area contributed by atoms with E-state index in [4.69, 9.17) is 10.2 Å². The molecular weight excluding hydrogens is 316 g/mol. The van der Waals surface area contributed by atoms with Crippen molar-refractivity contribution in [1.29, 1.82) is 10.5 Å². The van der Waals surface area contributed by atoms with Crippen LogP contribution in [0.4, 0.5) is 0 Å². The minimum absolute atomic E-state index is 0.430. The third kappa shape index (κ3) is 1.89. The molecule has 0 saturated carbocycles. The topological polar surface area (TPSA) is 108 Å². The van der Waals surface area contributed by atoms with Crippen molar-refractivity contribution in [2.45, 2.75) is 18.0 Å². The summed E-state index contributed by atoms with van der Waals surface area (Å²) < 4.78 is 5.50. The second-order valence-electron chi connectivity index (χ2n) is 6.36. The third-order valence-corrected chi connectivity index (χ3v) is 5.26. The van der Waals surface area contributed by atoms with Gasteiger partial charge < -0.3 is 10.2 Å². The minimum atomic E-state index is -1.46. The first-order valence-corrected chi connectivity index (χ1v) is 7.93. The molecule has 1 fully saturated rings. The Kier molecular flexibility index (Phi) is 3.24. The Morgan fingerprint density at radius 1 is 1.20 bits per heavy atom. The van der Waals surface area contributed by atoms with Gasteiger partial charge in [0.1, 0.15) is 11.7 Å². The van der Waals surface area contributed by atoms with Gasteiger partial charge >= 0.3 is 0 Å². The monoisotopic (exact) mass is 331 g/mol. The Balaban J connectivity index is 2.02. The summed E-state index contributed by atoms with van der Waals surface area (Å²) in [5.74, 6) is -0.872. The predicted molar refractivity (Wildman–Crippen MR) is 87.3 cm³/mol. The number of carbonyl (C=O) groups is 1. The molecule has 6 heteroatoms. The summed E-state index contributed by atoms with van der Waals surface area (Å²) in [5.41, 5.74) is 6.04. The highest BCUT2D eigenvalue weighted by Crippen LogP contribution is 2.51. The Morgan fingerprint density at radius 3 is 2.60 bits per heavy atom. The SMILES string of the molecule is N#CC1(C#N)[C@H](c2ccco2)[C@@H](C(N)=O)[NH+]2C=Cc3ccccc3[C@@H]21. The van der Waals surface area contributed by atoms with Gasteiger partial charge in [-0.05, 0) is 23.8 Å². The van der Waals surface area contributed by atoms with Crippen molar-refractivity contribution in [1.82, 2.24) is 0 Å². The molecule has 1 aromatic heterocycles. The number of nitriles is 2. The van der Waals surface area contributed by atoms with Crippen molar-refractivity contribution < 1.29 is 14.1 Å². The van der Waals surface area contributed by atoms with E-state index >= 15 is 0 Å². The number of amides is 1. The van der Waals surface area contributed by atoms with Gasteiger partial charge in [0.2, 0.25) is 5.41 Å². The van der Waals surface area contributed by atoms with Crippen LogP contribution in [0.1, 0.15) is 28.8 Å². The Hall–Kier alpha value is -3.35. The lowest BCUT2D eigenvalue weighted by molar-refractivity contribution is -0.885. The number of fused-ring (bicyclic) bond motifs is 3. The maximum absolute atomic E-state index is 12.3. The van der Waals surface area contributed by atoms with E-state index in [1.807, 2.05) is 36.5 Å². The van der Waals surface area contributed by atoms with Crippen LogP contribution in [-0.2, 0) is 4.79 Å². The van der Waals surface area contributed by atoms with Crippen molar-refractivity contribution in [3.63, 3.8) is 0 Å². The van der Waals surface area contributed by atoms with E-state index in [1.54, 1.807) is 12.1 Å². The van der Waals surface area contributed by atoms with Gasteiger partial charge in [-0.1, -0.05) is 24.3 Å². The van der Waals surface area contributed by atoms with Crippen molar-refractivity contribution in [2.24, 2.45) is 11.1 Å². The molecule has 1 unspecified atom stereocenters. The highest BCUT2D eigenvalue weighted by Gasteiger charge is 2.68. The van der Waals surface area contributed by atoms with Gasteiger partial charge in [0, 0.05) is 5.56 Å². The summed E-state index contributed by atoms with van der Waals surface area (Å²) in [6.07, 6.45) is 5.21. The molecule has 25 heavy (non-hydrogen) atoms. The van der Waals surface area contributed by atoms with Crippen LogP contribution in [0, 0.1) is 28.1 Å². The number of nitrogens with zero attached hydrogens (tertiary/aromatic N) is 2. The van der Waals surface area contributed by atoms with E-state index in [9.17, 15) is 15.3 Å². The van der Waals surface area contributed by atoms with Crippen LogP contribution in [0.2, 0.25) is 0 Å². The molecule has 3 heterocycles. The zero-order valence-corrected chi connectivity index (χ0v) is 13.2. The fraction of sp³-hybridized carbons (Fsp3) is 0.211. The van der Waals surface area contributed by atoms with Crippen LogP contribution in [0.15, 0.2) is 53.3 Å². The number of furan rings is 1. The van der Waals surface area contributed by atoms with E-state index in [1.165, 1.54) is 6.26 Å². The fourth-order valence-corrected chi connectivity index (χ4v) is 4.29. The summed E-state index contributed by atoms with van der Waals surface area (Å²) in [6.45, 7) is 0. The molecule has 0 bridgehead atoms. The maximum Gasteiger partial charge on any atom is 0.277 e. The molecule has 4 atom stereocenters. The number of benzene rings is 1. The van der Waals surface area contributed by atoms with Gasteiger partial charge in [0.15, 0.2) is 12.1 Å². The van der Waals surface area contributed by atoms with Crippen molar-refractivity contribution in [3.05, 3.63) is 65.7 Å². The van der Waals surface area contributed by atoms with Gasteiger partial charge in [0.05, 0.1) is 24.6 Å². The van der Waals surface area contributed by atoms with E-state index in [2.05, 4.69) is 12.1 Å². The molecule has 0 radical (unpaired) electrons. The summed E-state index contributed by atoms with van der Waals surface area (Å²) in [5, 5.41) is 20.1. The number of carbonyl (C=O) groups excluding carboxylic acids is 1. The fourth-order valence-electron chi connectivity index (χ4n) is 4.29. The number of primary amides is 1. The normalized spacial score (nSPS) is 28.4. The van der Waals surface area contributed by atoms with Gasteiger partial charge in [-0.15, -0.1) is 0 Å². The van der Waals surface area contributed by atoms with Crippen LogP contribution >= 0.6 is 0 Å². The van der Waals surface area contributed by atoms with Gasteiger partial charge in [-0.2, -0.15) is 10.5 Å². The summed E-state index contributed by atoms with van der Waals surface area (Å²) in [6, 6.07) is 14.1. The Labute approximate surface area is 144 Å². The average Bonchev–Trinajstić information content (AvgIpc) is 3.25. The Bertz CT molecular complexity index is 935. The van der Waals surface area contributed by atoms with Crippen LogP contribution in [0.5, 0.6) is 0 Å². The van der Waals surface area contributed by atoms with E-state index in [0.29, 0.717) is 10.7 Å². The number of rotatable bonds is 2. The molecule has 4 rings (SSSR count). The largest absolute Gasteiger partial charge is 0.469 e. The Morgan fingerprint density at radius 2 is 1.96 bits per heavy atom. The lowest BCUT2D eigenvalue weighted by Gasteiger charge is -2.29. The molecule has 2 aliphatic heterocycles. The molecule has 1 aromatic carbocycles. The first-order valence-electron chi connectivity index (χ1n) is 7.93. The molecule has 2 aliphatic rings. The minimum Gasteiger partial charge on any atom is -0.469 e. The van der Waals surface area contributed by atoms with Crippen molar-refractivity contribution in [2.75, 3.05) is 0 Å². The smallest absolute Gasteiger partial charge is 0.277 e. The van der Waals surface area contributed by atoms with Gasteiger partial charge in [-0.25, -0.2) is 0 Å². The molecular formula is C19H15N4O2+. The summed E-state index contributed by atoms with van der Waals surface area (Å²) in [7, 11) is 0. The van der Waals surface area contributed by atoms with E-state index < -0.39 is 29.3 Å². The lowest BCUT2D eigenvalue weighted by Crippen LogP contribution is -3.12. The van der Waals surface area contributed by atoms with Crippen LogP contribution in [-0.4, -0.2) is 11.9 Å². The lowest BCUT2D eigenvalue weighted by atomic mass is 9.69. The molecule has 2 aromatic rings. The molecule has 3 N–H and O–H groups in total. The summed E-state index contributed by atoms with van der Waals surface area (Å²) in [4.78, 5) is 13.0. The van der Waals surface area contributed by atoms with Crippen molar-refractivity contribution >= 4 is 12.0 Å². The number of quaternary nitrogens is 1. The molecule has 1 saturated heterocycles. The van der Waals surface area contributed by atoms with Crippen LogP contribution in [0.25, 0.3) is 6.08 Å². The molecule has 1 amide bonds. The van der Waals surface area contributed by atoms with Gasteiger partial charge in [-0.3, -0.25) is 9.69 Å².